The van der Waals surface area contributed by atoms with E-state index in [-0.39, 0.29) is 17.4 Å². The maximum Gasteiger partial charge on any atom is 0.237 e. The summed E-state index contributed by atoms with van der Waals surface area (Å²) in [6.07, 6.45) is 0. The fourth-order valence-electron chi connectivity index (χ4n) is 1.13. The van der Waals surface area contributed by atoms with Gasteiger partial charge in [0.25, 0.3) is 0 Å². The Balaban J connectivity index is 4.47. The second kappa shape index (κ2) is 6.87. The van der Waals surface area contributed by atoms with Crippen LogP contribution in [-0.4, -0.2) is 49.1 Å². The molecule has 0 aliphatic rings. The summed E-state index contributed by atoms with van der Waals surface area (Å²) in [6.45, 7) is 5.86. The first-order chi connectivity index (χ1) is 7.76. The van der Waals surface area contributed by atoms with Crippen molar-refractivity contribution >= 4 is 33.1 Å². The molecule has 0 aromatic rings. The number of amides is 1. The highest BCUT2D eigenvalue weighted by molar-refractivity contribution is 7.93. The number of hydrogen-bond donors (Lipinski definition) is 2. The Labute approximate surface area is 108 Å². The lowest BCUT2D eigenvalue weighted by molar-refractivity contribution is -0.129. The van der Waals surface area contributed by atoms with Crippen LogP contribution in [0.3, 0.4) is 0 Å². The molecule has 0 radical (unpaired) electrons. The van der Waals surface area contributed by atoms with Gasteiger partial charge in [-0.2, -0.15) is 0 Å². The van der Waals surface area contributed by atoms with Gasteiger partial charge in [0.2, 0.25) is 15.9 Å². The molecule has 0 saturated heterocycles. The van der Waals surface area contributed by atoms with E-state index in [1.807, 2.05) is 13.8 Å². The Hall–Kier alpha value is -0.730. The van der Waals surface area contributed by atoms with Gasteiger partial charge >= 0.3 is 0 Å². The predicted molar refractivity (Wildman–Crippen MR) is 71.1 cm³/mol. The number of carbonyl (C=O) groups is 1. The van der Waals surface area contributed by atoms with Crippen LogP contribution in [-0.2, 0) is 14.8 Å². The van der Waals surface area contributed by atoms with Crippen LogP contribution in [0.2, 0.25) is 0 Å². The molecule has 0 aromatic carbocycles. The van der Waals surface area contributed by atoms with Crippen LogP contribution in [0.4, 0.5) is 0 Å². The summed E-state index contributed by atoms with van der Waals surface area (Å²) in [7, 11) is -3.67. The smallest absolute Gasteiger partial charge is 0.237 e. The first-order valence-electron chi connectivity index (χ1n) is 5.31. The molecule has 1 unspecified atom stereocenters. The number of nitrogens with two attached hydrogens (primary N) is 1. The fraction of sp³-hybridized carbons (Fsp3) is 0.778. The molecule has 0 spiro atoms. The highest BCUT2D eigenvalue weighted by atomic mass is 32.2. The van der Waals surface area contributed by atoms with Crippen molar-refractivity contribution in [2.75, 3.05) is 19.6 Å². The molecule has 0 saturated carbocycles. The number of likely N-dealkylation sites (N-methyl/N-ethyl adjacent to an activating group) is 1. The van der Waals surface area contributed by atoms with Crippen molar-refractivity contribution in [3.63, 3.8) is 0 Å². The molecule has 0 heterocycles. The number of nitrogens with one attached hydrogen (secondary N) is 1. The summed E-state index contributed by atoms with van der Waals surface area (Å²) in [4.78, 5) is 13.0. The van der Waals surface area contributed by atoms with Crippen LogP contribution in [0.5, 0.6) is 0 Å². The maximum absolute atomic E-state index is 11.6. The van der Waals surface area contributed by atoms with E-state index in [9.17, 15) is 13.2 Å². The Morgan fingerprint density at radius 1 is 1.41 bits per heavy atom. The topological polar surface area (TPSA) is 92.5 Å². The van der Waals surface area contributed by atoms with E-state index in [4.69, 9.17) is 5.73 Å². The summed E-state index contributed by atoms with van der Waals surface area (Å²) in [5.41, 5.74) is 5.26. The lowest BCUT2D eigenvalue weighted by Gasteiger charge is -2.19. The van der Waals surface area contributed by atoms with Crippen molar-refractivity contribution in [2.45, 2.75) is 26.0 Å². The standard InChI is InChI=1S/C9H19N3O3S2/c1-4-12(5-2)8(13)6-11-17(14,15)7(3)9(10)16/h7,11H,4-6H2,1-3H3,(H2,10,16). The van der Waals surface area contributed by atoms with Crippen molar-refractivity contribution in [2.24, 2.45) is 5.73 Å². The number of nitrogens with zero attached hydrogens (tertiary/aromatic N) is 1. The van der Waals surface area contributed by atoms with E-state index in [2.05, 4.69) is 16.9 Å². The lowest BCUT2D eigenvalue weighted by atomic mass is 10.4. The molecule has 1 atom stereocenters. The maximum atomic E-state index is 11.6. The lowest BCUT2D eigenvalue weighted by Crippen LogP contribution is -2.45. The summed E-state index contributed by atoms with van der Waals surface area (Å²) in [5.74, 6) is -0.270. The van der Waals surface area contributed by atoms with Crippen molar-refractivity contribution in [3.05, 3.63) is 0 Å². The van der Waals surface area contributed by atoms with Gasteiger partial charge in [-0.15, -0.1) is 0 Å². The van der Waals surface area contributed by atoms with E-state index in [0.29, 0.717) is 13.1 Å². The highest BCUT2D eigenvalue weighted by Crippen LogP contribution is 1.98. The Bertz CT molecular complexity index is 377. The average molecular weight is 281 g/mol. The van der Waals surface area contributed by atoms with E-state index >= 15 is 0 Å². The van der Waals surface area contributed by atoms with Gasteiger partial charge < -0.3 is 10.6 Å². The zero-order valence-corrected chi connectivity index (χ0v) is 11.9. The molecular weight excluding hydrogens is 262 g/mol. The number of carbonyl (C=O) groups excluding carboxylic acids is 1. The highest BCUT2D eigenvalue weighted by Gasteiger charge is 2.24. The number of thiocarbonyl (C=S) groups is 1. The Morgan fingerprint density at radius 3 is 2.24 bits per heavy atom. The molecule has 3 N–H and O–H groups in total. The second-order valence-electron chi connectivity index (χ2n) is 3.48. The molecule has 0 bridgehead atoms. The third-order valence-electron chi connectivity index (χ3n) is 2.41. The summed E-state index contributed by atoms with van der Waals surface area (Å²) >= 11 is 4.61. The van der Waals surface area contributed by atoms with Gasteiger partial charge in [0.05, 0.1) is 11.5 Å². The molecule has 0 aliphatic heterocycles. The molecule has 8 heteroatoms. The van der Waals surface area contributed by atoms with Crippen LogP contribution in [0, 0.1) is 0 Å². The van der Waals surface area contributed by atoms with Crippen molar-refractivity contribution < 1.29 is 13.2 Å². The Kier molecular flexibility index (Phi) is 6.58. The van der Waals surface area contributed by atoms with Crippen LogP contribution in [0.1, 0.15) is 20.8 Å². The summed E-state index contributed by atoms with van der Waals surface area (Å²) in [6, 6.07) is 0. The normalized spacial score (nSPS) is 13.1. The second-order valence-corrected chi connectivity index (χ2v) is 6.03. The molecule has 6 nitrogen and oxygen atoms in total. The predicted octanol–water partition coefficient (Wildman–Crippen LogP) is -0.551. The average Bonchev–Trinajstić information content (AvgIpc) is 2.27. The van der Waals surface area contributed by atoms with Crippen molar-refractivity contribution in [3.8, 4) is 0 Å². The van der Waals surface area contributed by atoms with Crippen LogP contribution >= 0.6 is 12.2 Å². The number of hydrogen-bond acceptors (Lipinski definition) is 4. The zero-order chi connectivity index (χ0) is 13.6. The van der Waals surface area contributed by atoms with Gasteiger partial charge in [-0.05, 0) is 20.8 Å². The quantitative estimate of drug-likeness (QED) is 0.611. The summed E-state index contributed by atoms with van der Waals surface area (Å²) in [5, 5.41) is -0.984. The van der Waals surface area contributed by atoms with Crippen molar-refractivity contribution in [1.29, 1.82) is 0 Å². The molecule has 0 fully saturated rings. The van der Waals surface area contributed by atoms with Gasteiger partial charge in [-0.3, -0.25) is 4.79 Å². The first-order valence-corrected chi connectivity index (χ1v) is 7.27. The molecule has 17 heavy (non-hydrogen) atoms. The van der Waals surface area contributed by atoms with E-state index < -0.39 is 15.3 Å². The van der Waals surface area contributed by atoms with Crippen LogP contribution in [0.25, 0.3) is 0 Å². The van der Waals surface area contributed by atoms with Gasteiger partial charge in [-0.25, -0.2) is 13.1 Å². The minimum absolute atomic E-state index is 0.118. The van der Waals surface area contributed by atoms with Gasteiger partial charge in [0.15, 0.2) is 0 Å². The van der Waals surface area contributed by atoms with Gasteiger partial charge in [0, 0.05) is 13.1 Å². The SMILES string of the molecule is CCN(CC)C(=O)CNS(=O)(=O)C(C)C(N)=S. The third kappa shape index (κ3) is 4.97. The zero-order valence-electron chi connectivity index (χ0n) is 10.3. The number of rotatable bonds is 7. The first kappa shape index (κ1) is 16.3. The minimum atomic E-state index is -3.67. The molecule has 0 aliphatic carbocycles. The van der Waals surface area contributed by atoms with E-state index in [1.165, 1.54) is 11.8 Å². The monoisotopic (exact) mass is 281 g/mol. The largest absolute Gasteiger partial charge is 0.392 e. The molecule has 0 aromatic heterocycles. The van der Waals surface area contributed by atoms with Crippen LogP contribution < -0.4 is 10.5 Å². The van der Waals surface area contributed by atoms with E-state index in [1.54, 1.807) is 0 Å². The summed E-state index contributed by atoms with van der Waals surface area (Å²) < 4.78 is 25.5. The molecule has 1 amide bonds. The molecule has 0 rings (SSSR count). The van der Waals surface area contributed by atoms with Crippen molar-refractivity contribution in [1.82, 2.24) is 9.62 Å². The van der Waals surface area contributed by atoms with Gasteiger partial charge in [0.1, 0.15) is 5.25 Å². The minimum Gasteiger partial charge on any atom is -0.392 e. The van der Waals surface area contributed by atoms with E-state index in [0.717, 1.165) is 0 Å². The molecule has 100 valence electrons. The number of sulfonamides is 1. The fourth-order valence-corrected chi connectivity index (χ4v) is 2.39. The Morgan fingerprint density at radius 2 is 1.88 bits per heavy atom. The third-order valence-corrected chi connectivity index (χ3v) is 4.64. The van der Waals surface area contributed by atoms with Gasteiger partial charge in [-0.1, -0.05) is 12.2 Å². The van der Waals surface area contributed by atoms with Crippen LogP contribution in [0.15, 0.2) is 0 Å². The molecular formula is C9H19N3O3S2.